The topological polar surface area (TPSA) is 49.3 Å². The Hall–Kier alpha value is -0.570. The number of fused-ring (bicyclic) bond motifs is 2. The van der Waals surface area contributed by atoms with Crippen molar-refractivity contribution >= 4 is 5.97 Å². The van der Waals surface area contributed by atoms with E-state index in [0.717, 1.165) is 30.7 Å². The molecule has 2 fully saturated rings. The van der Waals surface area contributed by atoms with Gasteiger partial charge in [-0.25, -0.2) is 0 Å². The second-order valence-electron chi connectivity index (χ2n) is 6.36. The molecule has 0 aromatic heterocycles. The second-order valence-corrected chi connectivity index (χ2v) is 6.36. The molecule has 0 heterocycles. The van der Waals surface area contributed by atoms with Crippen LogP contribution < -0.4 is 5.32 Å². The summed E-state index contributed by atoms with van der Waals surface area (Å²) < 4.78 is 0. The summed E-state index contributed by atoms with van der Waals surface area (Å²) >= 11 is 0. The Kier molecular flexibility index (Phi) is 4.08. The predicted octanol–water partition coefficient (Wildman–Crippen LogP) is 2.51. The van der Waals surface area contributed by atoms with Crippen LogP contribution in [0.4, 0.5) is 0 Å². The lowest BCUT2D eigenvalue weighted by molar-refractivity contribution is -0.140. The molecular weight excluding hydrogens is 214 g/mol. The maximum absolute atomic E-state index is 11.1. The van der Waals surface area contributed by atoms with Gasteiger partial charge in [-0.3, -0.25) is 4.79 Å². The number of nitrogens with one attached hydrogen (secondary N) is 1. The van der Waals surface area contributed by atoms with E-state index in [1.165, 1.54) is 25.7 Å². The van der Waals surface area contributed by atoms with E-state index in [9.17, 15) is 4.79 Å². The minimum absolute atomic E-state index is 0.353. The molecular formula is C14H25NO2. The van der Waals surface area contributed by atoms with E-state index >= 15 is 0 Å². The number of hydrogen-bond acceptors (Lipinski definition) is 2. The fourth-order valence-electron chi connectivity index (χ4n) is 3.66. The minimum atomic E-state index is -0.693. The predicted molar refractivity (Wildman–Crippen MR) is 67.8 cm³/mol. The van der Waals surface area contributed by atoms with Crippen LogP contribution in [0.5, 0.6) is 0 Å². The molecule has 2 bridgehead atoms. The average molecular weight is 239 g/mol. The molecule has 17 heavy (non-hydrogen) atoms. The lowest BCUT2D eigenvalue weighted by Gasteiger charge is -2.24. The molecule has 2 rings (SSSR count). The Labute approximate surface area is 104 Å². The number of rotatable bonds is 6. The molecule has 98 valence electrons. The Bertz CT molecular complexity index is 277. The summed E-state index contributed by atoms with van der Waals surface area (Å²) in [5, 5.41) is 12.4. The summed E-state index contributed by atoms with van der Waals surface area (Å²) in [6, 6.07) is -0.353. The zero-order chi connectivity index (χ0) is 12.4. The maximum atomic E-state index is 11.1. The Balaban J connectivity index is 1.77. The van der Waals surface area contributed by atoms with Crippen molar-refractivity contribution in [1.29, 1.82) is 0 Å². The normalized spacial score (nSPS) is 33.2. The highest BCUT2D eigenvalue weighted by Gasteiger charge is 2.39. The largest absolute Gasteiger partial charge is 0.480 e. The van der Waals surface area contributed by atoms with Gasteiger partial charge < -0.3 is 10.4 Å². The van der Waals surface area contributed by atoms with Gasteiger partial charge in [0.1, 0.15) is 6.04 Å². The Morgan fingerprint density at radius 1 is 1.35 bits per heavy atom. The molecule has 0 saturated heterocycles. The molecule has 0 aromatic carbocycles. The van der Waals surface area contributed by atoms with Crippen molar-refractivity contribution in [2.75, 3.05) is 6.54 Å². The monoisotopic (exact) mass is 239 g/mol. The Morgan fingerprint density at radius 2 is 2.12 bits per heavy atom. The average Bonchev–Trinajstić information content (AvgIpc) is 2.84. The lowest BCUT2D eigenvalue weighted by atomic mass is 9.88. The zero-order valence-corrected chi connectivity index (χ0v) is 11.0. The van der Waals surface area contributed by atoms with Crippen LogP contribution in [-0.2, 0) is 4.79 Å². The molecule has 0 spiro atoms. The third-order valence-corrected chi connectivity index (χ3v) is 4.52. The van der Waals surface area contributed by atoms with Gasteiger partial charge in [0.05, 0.1) is 0 Å². The highest BCUT2D eigenvalue weighted by atomic mass is 16.4. The molecule has 0 aliphatic heterocycles. The maximum Gasteiger partial charge on any atom is 0.320 e. The van der Waals surface area contributed by atoms with Crippen molar-refractivity contribution in [3.05, 3.63) is 0 Å². The van der Waals surface area contributed by atoms with Gasteiger partial charge in [-0.05, 0) is 55.9 Å². The van der Waals surface area contributed by atoms with Crippen LogP contribution in [0.2, 0.25) is 0 Å². The van der Waals surface area contributed by atoms with Crippen molar-refractivity contribution in [3.8, 4) is 0 Å². The van der Waals surface area contributed by atoms with Crippen LogP contribution in [0.1, 0.15) is 46.0 Å². The molecule has 0 aromatic rings. The number of aliphatic carboxylic acids is 1. The van der Waals surface area contributed by atoms with E-state index in [4.69, 9.17) is 5.11 Å². The van der Waals surface area contributed by atoms with Crippen LogP contribution >= 0.6 is 0 Å². The van der Waals surface area contributed by atoms with Crippen LogP contribution in [0.15, 0.2) is 0 Å². The van der Waals surface area contributed by atoms with E-state index in [2.05, 4.69) is 19.2 Å². The number of carboxylic acids is 1. The summed E-state index contributed by atoms with van der Waals surface area (Å²) in [7, 11) is 0. The molecule has 3 nitrogen and oxygen atoms in total. The first-order chi connectivity index (χ1) is 8.06. The molecule has 3 heteroatoms. The molecule has 4 atom stereocenters. The van der Waals surface area contributed by atoms with E-state index in [-0.39, 0.29) is 6.04 Å². The van der Waals surface area contributed by atoms with Gasteiger partial charge in [-0.15, -0.1) is 0 Å². The van der Waals surface area contributed by atoms with Gasteiger partial charge in [-0.2, -0.15) is 0 Å². The summed E-state index contributed by atoms with van der Waals surface area (Å²) in [6.07, 6.45) is 6.24. The summed E-state index contributed by atoms with van der Waals surface area (Å²) in [4.78, 5) is 11.1. The number of carbonyl (C=O) groups is 1. The van der Waals surface area contributed by atoms with E-state index in [1.54, 1.807) is 0 Å². The van der Waals surface area contributed by atoms with Gasteiger partial charge in [0.25, 0.3) is 0 Å². The minimum Gasteiger partial charge on any atom is -0.480 e. The lowest BCUT2D eigenvalue weighted by Crippen LogP contribution is -2.41. The van der Waals surface area contributed by atoms with E-state index < -0.39 is 5.97 Å². The fourth-order valence-corrected chi connectivity index (χ4v) is 3.66. The number of hydrogen-bond donors (Lipinski definition) is 2. The molecule has 2 N–H and O–H groups in total. The van der Waals surface area contributed by atoms with Gasteiger partial charge in [0.2, 0.25) is 0 Å². The van der Waals surface area contributed by atoms with Crippen molar-refractivity contribution in [3.63, 3.8) is 0 Å². The Morgan fingerprint density at radius 3 is 2.59 bits per heavy atom. The first-order valence-electron chi connectivity index (χ1n) is 7.02. The first kappa shape index (κ1) is 12.9. The van der Waals surface area contributed by atoms with Gasteiger partial charge in [-0.1, -0.05) is 20.3 Å². The second kappa shape index (κ2) is 5.38. The van der Waals surface area contributed by atoms with Crippen LogP contribution in [0, 0.1) is 23.7 Å². The van der Waals surface area contributed by atoms with E-state index in [1.807, 2.05) is 0 Å². The number of carboxylic acid groups (broad SMARTS) is 1. The third-order valence-electron chi connectivity index (χ3n) is 4.52. The summed E-state index contributed by atoms with van der Waals surface area (Å²) in [5.41, 5.74) is 0. The third kappa shape index (κ3) is 3.21. The van der Waals surface area contributed by atoms with Crippen molar-refractivity contribution in [1.82, 2.24) is 5.32 Å². The molecule has 0 radical (unpaired) electrons. The molecule has 2 aliphatic rings. The smallest absolute Gasteiger partial charge is 0.320 e. The SMILES string of the molecule is CC(C)CC(NCC1CC2CCC1C2)C(=O)O. The zero-order valence-electron chi connectivity index (χ0n) is 11.0. The first-order valence-corrected chi connectivity index (χ1v) is 7.02. The fraction of sp³-hybridized carbons (Fsp3) is 0.929. The van der Waals surface area contributed by atoms with Crippen molar-refractivity contribution < 1.29 is 9.90 Å². The van der Waals surface area contributed by atoms with Crippen molar-refractivity contribution in [2.45, 2.75) is 52.0 Å². The highest BCUT2D eigenvalue weighted by Crippen LogP contribution is 2.47. The van der Waals surface area contributed by atoms with Crippen LogP contribution in [0.25, 0.3) is 0 Å². The quantitative estimate of drug-likeness (QED) is 0.748. The van der Waals surface area contributed by atoms with Gasteiger partial charge in [0, 0.05) is 0 Å². The van der Waals surface area contributed by atoms with Gasteiger partial charge >= 0.3 is 5.97 Å². The van der Waals surface area contributed by atoms with E-state index in [0.29, 0.717) is 5.92 Å². The summed E-state index contributed by atoms with van der Waals surface area (Å²) in [6.45, 7) is 5.06. The summed E-state index contributed by atoms with van der Waals surface area (Å²) in [5.74, 6) is 2.30. The molecule has 2 aliphatic carbocycles. The molecule has 0 amide bonds. The van der Waals surface area contributed by atoms with Crippen molar-refractivity contribution in [2.24, 2.45) is 23.7 Å². The molecule has 2 saturated carbocycles. The highest BCUT2D eigenvalue weighted by molar-refractivity contribution is 5.73. The molecule has 4 unspecified atom stereocenters. The van der Waals surface area contributed by atoms with Gasteiger partial charge in [0.15, 0.2) is 0 Å². The standard InChI is InChI=1S/C14H25NO2/c1-9(2)5-13(14(16)17)15-8-12-7-10-3-4-11(12)6-10/h9-13,15H,3-8H2,1-2H3,(H,16,17). The van der Waals surface area contributed by atoms with Crippen LogP contribution in [-0.4, -0.2) is 23.7 Å². The van der Waals surface area contributed by atoms with Crippen LogP contribution in [0.3, 0.4) is 0 Å².